The van der Waals surface area contributed by atoms with Crippen LogP contribution in [0, 0.1) is 5.82 Å². The molecule has 33 heavy (non-hydrogen) atoms. The fourth-order valence-electron chi connectivity index (χ4n) is 3.23. The van der Waals surface area contributed by atoms with Gasteiger partial charge in [-0.1, -0.05) is 12.1 Å². The summed E-state index contributed by atoms with van der Waals surface area (Å²) in [6.45, 7) is -1.08. The third-order valence-corrected chi connectivity index (χ3v) is 4.90. The second kappa shape index (κ2) is 8.73. The summed E-state index contributed by atoms with van der Waals surface area (Å²) in [7, 11) is 1.43. The smallest absolute Gasteiger partial charge is 0.341 e. The fraction of sp³-hybridized carbons (Fsp3) is 0.130. The number of rotatable bonds is 7. The van der Waals surface area contributed by atoms with Gasteiger partial charge in [0.05, 0.1) is 13.7 Å². The van der Waals surface area contributed by atoms with Gasteiger partial charge < -0.3 is 15.8 Å². The Morgan fingerprint density at radius 1 is 1.09 bits per heavy atom. The maximum atomic E-state index is 13.9. The van der Waals surface area contributed by atoms with Gasteiger partial charge in [-0.05, 0) is 47.5 Å². The van der Waals surface area contributed by atoms with Crippen molar-refractivity contribution in [2.45, 2.75) is 5.92 Å². The molecule has 1 amide bonds. The zero-order valence-corrected chi connectivity index (χ0v) is 17.3. The van der Waals surface area contributed by atoms with Gasteiger partial charge in [-0.2, -0.15) is 8.78 Å². The molecule has 7 nitrogen and oxygen atoms in total. The molecule has 0 bridgehead atoms. The number of methoxy groups -OCH3 is 1. The van der Waals surface area contributed by atoms with Crippen molar-refractivity contribution in [1.29, 1.82) is 0 Å². The molecule has 0 saturated carbocycles. The van der Waals surface area contributed by atoms with E-state index in [4.69, 9.17) is 10.5 Å². The Morgan fingerprint density at radius 2 is 1.88 bits per heavy atom. The second-order valence-corrected chi connectivity index (χ2v) is 7.14. The van der Waals surface area contributed by atoms with Crippen molar-refractivity contribution in [3.05, 3.63) is 66.7 Å². The van der Waals surface area contributed by atoms with Gasteiger partial charge in [0.2, 0.25) is 0 Å². The number of alkyl halides is 2. The van der Waals surface area contributed by atoms with Crippen molar-refractivity contribution in [3.63, 3.8) is 0 Å². The van der Waals surface area contributed by atoms with Crippen LogP contribution in [0.1, 0.15) is 0 Å². The van der Waals surface area contributed by atoms with Crippen LogP contribution < -0.4 is 15.8 Å². The van der Waals surface area contributed by atoms with Gasteiger partial charge in [0.25, 0.3) is 5.91 Å². The van der Waals surface area contributed by atoms with Gasteiger partial charge >= 0.3 is 5.92 Å². The summed E-state index contributed by atoms with van der Waals surface area (Å²) in [4.78, 5) is 24.1. The molecule has 3 N–H and O–H groups in total. The average Bonchev–Trinajstić information content (AvgIpc) is 2.82. The van der Waals surface area contributed by atoms with E-state index in [0.717, 1.165) is 0 Å². The van der Waals surface area contributed by atoms with Crippen molar-refractivity contribution in [3.8, 4) is 28.3 Å². The highest BCUT2D eigenvalue weighted by Gasteiger charge is 2.36. The predicted molar refractivity (Wildman–Crippen MR) is 117 cm³/mol. The van der Waals surface area contributed by atoms with Crippen LogP contribution in [0.4, 0.5) is 19.0 Å². The third kappa shape index (κ3) is 4.54. The molecule has 2 aromatic carbocycles. The highest BCUT2D eigenvalue weighted by atomic mass is 19.3. The number of nitrogens with two attached hydrogens (primary N) is 1. The molecule has 4 aromatic rings. The molecule has 2 aromatic heterocycles. The fourth-order valence-corrected chi connectivity index (χ4v) is 3.23. The summed E-state index contributed by atoms with van der Waals surface area (Å²) in [6, 6.07) is 12.6. The van der Waals surface area contributed by atoms with Gasteiger partial charge in [0, 0.05) is 23.3 Å². The third-order valence-electron chi connectivity index (χ3n) is 4.90. The largest absolute Gasteiger partial charge is 0.494 e. The first-order valence-corrected chi connectivity index (χ1v) is 9.76. The number of ether oxygens (including phenoxy) is 1. The number of halogens is 3. The second-order valence-electron chi connectivity index (χ2n) is 7.14. The lowest BCUT2D eigenvalue weighted by Gasteiger charge is -2.17. The SMILES string of the molecule is COc1cc(-c2cccc(F)c2)cc2c(NCC(F)(F)C(N)=O)nc(-c3cccnc3)nc12. The van der Waals surface area contributed by atoms with Crippen molar-refractivity contribution in [2.24, 2.45) is 5.73 Å². The molecule has 10 heteroatoms. The first-order valence-electron chi connectivity index (χ1n) is 9.76. The van der Waals surface area contributed by atoms with E-state index in [0.29, 0.717) is 33.3 Å². The van der Waals surface area contributed by atoms with E-state index in [1.807, 2.05) is 0 Å². The number of benzene rings is 2. The Morgan fingerprint density at radius 3 is 2.55 bits per heavy atom. The molecule has 0 atom stereocenters. The number of anilines is 1. The highest BCUT2D eigenvalue weighted by molar-refractivity contribution is 5.98. The van der Waals surface area contributed by atoms with Crippen LogP contribution >= 0.6 is 0 Å². The number of carbonyl (C=O) groups is 1. The highest BCUT2D eigenvalue weighted by Crippen LogP contribution is 2.36. The zero-order valence-electron chi connectivity index (χ0n) is 17.3. The zero-order chi connectivity index (χ0) is 23.6. The van der Waals surface area contributed by atoms with E-state index in [1.165, 1.54) is 25.4 Å². The summed E-state index contributed by atoms with van der Waals surface area (Å²) in [6.07, 6.45) is 3.10. The van der Waals surface area contributed by atoms with Crippen molar-refractivity contribution >= 4 is 22.6 Å². The van der Waals surface area contributed by atoms with Crippen LogP contribution in [0.5, 0.6) is 5.75 Å². The molecular formula is C23H18F3N5O2. The molecule has 0 saturated heterocycles. The van der Waals surface area contributed by atoms with Crippen LogP contribution in [0.3, 0.4) is 0 Å². The van der Waals surface area contributed by atoms with Gasteiger partial charge in [0.15, 0.2) is 5.82 Å². The quantitative estimate of drug-likeness (QED) is 0.438. The summed E-state index contributed by atoms with van der Waals surface area (Å²) in [5.41, 5.74) is 6.77. The summed E-state index contributed by atoms with van der Waals surface area (Å²) < 4.78 is 47.2. The summed E-state index contributed by atoms with van der Waals surface area (Å²) in [5.74, 6) is -5.46. The van der Waals surface area contributed by atoms with Gasteiger partial charge in [-0.25, -0.2) is 14.4 Å². The number of fused-ring (bicyclic) bond motifs is 1. The molecule has 0 aliphatic rings. The van der Waals surface area contributed by atoms with Crippen LogP contribution in [0.15, 0.2) is 60.9 Å². The first-order chi connectivity index (χ1) is 15.8. The van der Waals surface area contributed by atoms with E-state index in [-0.39, 0.29) is 11.6 Å². The minimum Gasteiger partial charge on any atom is -0.494 e. The predicted octanol–water partition coefficient (Wildman–Crippen LogP) is 4.04. The Hall–Kier alpha value is -4.21. The Bertz CT molecular complexity index is 1330. The monoisotopic (exact) mass is 453 g/mol. The summed E-state index contributed by atoms with van der Waals surface area (Å²) in [5, 5.41) is 2.84. The lowest BCUT2D eigenvalue weighted by Crippen LogP contribution is -2.41. The molecule has 0 spiro atoms. The number of hydrogen-bond acceptors (Lipinski definition) is 6. The van der Waals surface area contributed by atoms with Gasteiger partial charge in [-0.3, -0.25) is 9.78 Å². The Balaban J connectivity index is 1.93. The molecule has 0 unspecified atom stereocenters. The Kier molecular flexibility index (Phi) is 5.82. The van der Waals surface area contributed by atoms with Crippen molar-refractivity contribution in [2.75, 3.05) is 19.0 Å². The first kappa shape index (κ1) is 22.0. The molecule has 0 aliphatic carbocycles. The van der Waals surface area contributed by atoms with Crippen molar-refractivity contribution < 1.29 is 22.7 Å². The average molecular weight is 453 g/mol. The van der Waals surface area contributed by atoms with Crippen LogP contribution in [-0.4, -0.2) is 40.4 Å². The van der Waals surface area contributed by atoms with Crippen LogP contribution in [0.2, 0.25) is 0 Å². The molecule has 168 valence electrons. The van der Waals surface area contributed by atoms with Crippen LogP contribution in [0.25, 0.3) is 33.4 Å². The Labute approximate surface area is 186 Å². The van der Waals surface area contributed by atoms with E-state index in [1.54, 1.807) is 42.6 Å². The minimum atomic E-state index is -3.81. The lowest BCUT2D eigenvalue weighted by atomic mass is 10.0. The molecule has 4 rings (SSSR count). The van der Waals surface area contributed by atoms with E-state index >= 15 is 0 Å². The van der Waals surface area contributed by atoms with E-state index < -0.39 is 24.2 Å². The molecular weight excluding hydrogens is 435 g/mol. The van der Waals surface area contributed by atoms with Crippen molar-refractivity contribution in [1.82, 2.24) is 15.0 Å². The molecule has 0 radical (unpaired) electrons. The van der Waals surface area contributed by atoms with Gasteiger partial charge in [0.1, 0.15) is 22.9 Å². The lowest BCUT2D eigenvalue weighted by molar-refractivity contribution is -0.139. The number of nitrogens with zero attached hydrogens (tertiary/aromatic N) is 3. The number of amides is 1. The van der Waals surface area contributed by atoms with Crippen LogP contribution in [-0.2, 0) is 4.79 Å². The molecule has 0 aliphatic heterocycles. The number of aromatic nitrogens is 3. The normalized spacial score (nSPS) is 11.4. The minimum absolute atomic E-state index is 0.0244. The van der Waals surface area contributed by atoms with E-state index in [2.05, 4.69) is 20.3 Å². The maximum absolute atomic E-state index is 13.9. The number of pyridine rings is 1. The number of nitrogens with one attached hydrogen (secondary N) is 1. The number of hydrogen-bond donors (Lipinski definition) is 2. The number of carbonyl (C=O) groups excluding carboxylic acids is 1. The maximum Gasteiger partial charge on any atom is 0.341 e. The standard InChI is InChI=1S/C23H18F3N5O2/c1-33-18-10-15(13-4-2-6-16(24)8-13)9-17-19(18)30-20(14-5-3-7-28-11-14)31-21(17)29-12-23(25,26)22(27)32/h2-11H,12H2,1H3,(H2,27,32)(H,29,30,31). The molecule has 2 heterocycles. The van der Waals surface area contributed by atoms with Gasteiger partial charge in [-0.15, -0.1) is 0 Å². The topological polar surface area (TPSA) is 103 Å². The summed E-state index contributed by atoms with van der Waals surface area (Å²) >= 11 is 0. The van der Waals surface area contributed by atoms with E-state index in [9.17, 15) is 18.0 Å². The number of primary amides is 1. The molecule has 0 fully saturated rings.